The lowest BCUT2D eigenvalue weighted by molar-refractivity contribution is 0.0604. The number of rotatable bonds is 4. The maximum Gasteiger partial charge on any atom is 0.121 e. The molecule has 1 aromatic carbocycles. The number of benzene rings is 1. The van der Waals surface area contributed by atoms with E-state index in [-0.39, 0.29) is 12.1 Å². The second-order valence-corrected chi connectivity index (χ2v) is 3.92. The van der Waals surface area contributed by atoms with Crippen LogP contribution in [0.15, 0.2) is 24.3 Å². The lowest BCUT2D eigenvalue weighted by Crippen LogP contribution is -2.25. The quantitative estimate of drug-likeness (QED) is 0.795. The minimum absolute atomic E-state index is 0.0354. The normalized spacial score (nSPS) is 16.9. The van der Waals surface area contributed by atoms with Crippen LogP contribution in [-0.4, -0.2) is 17.3 Å². The van der Waals surface area contributed by atoms with Crippen LogP contribution in [0.1, 0.15) is 32.4 Å². The summed E-state index contributed by atoms with van der Waals surface area (Å²) in [7, 11) is 0. The molecule has 3 atom stereocenters. The fourth-order valence-electron chi connectivity index (χ4n) is 1.16. The Kier molecular flexibility index (Phi) is 4.12. The number of hydrogen-bond donors (Lipinski definition) is 2. The van der Waals surface area contributed by atoms with Gasteiger partial charge in [-0.2, -0.15) is 0 Å². The first-order valence-electron chi connectivity index (χ1n) is 5.21. The van der Waals surface area contributed by atoms with E-state index in [9.17, 15) is 5.11 Å². The zero-order valence-corrected chi connectivity index (χ0v) is 9.47. The summed E-state index contributed by atoms with van der Waals surface area (Å²) >= 11 is 0. The first-order valence-corrected chi connectivity index (χ1v) is 5.21. The molecule has 0 aliphatic rings. The molecule has 0 aliphatic carbocycles. The Morgan fingerprint density at radius 3 is 2.07 bits per heavy atom. The van der Waals surface area contributed by atoms with Crippen LogP contribution in [0.25, 0.3) is 0 Å². The summed E-state index contributed by atoms with van der Waals surface area (Å²) in [6.07, 6.45) is -0.677. The van der Waals surface area contributed by atoms with Gasteiger partial charge in [-0.25, -0.2) is 0 Å². The van der Waals surface area contributed by atoms with Crippen LogP contribution < -0.4 is 10.5 Å². The van der Waals surface area contributed by atoms with Gasteiger partial charge >= 0.3 is 0 Å². The molecule has 3 nitrogen and oxygen atoms in total. The van der Waals surface area contributed by atoms with Crippen LogP contribution in [0.5, 0.6) is 5.75 Å². The van der Waals surface area contributed by atoms with Gasteiger partial charge < -0.3 is 15.6 Å². The zero-order valence-electron chi connectivity index (χ0n) is 9.47. The SMILES string of the molecule is CC(O)C(C)Oc1ccc([C@@H](C)N)cc1. The molecule has 0 saturated heterocycles. The highest BCUT2D eigenvalue weighted by Crippen LogP contribution is 2.17. The Hall–Kier alpha value is -1.06. The topological polar surface area (TPSA) is 55.5 Å². The molecule has 0 heterocycles. The van der Waals surface area contributed by atoms with Crippen molar-refractivity contribution in [3.8, 4) is 5.75 Å². The molecule has 0 saturated carbocycles. The molecule has 3 heteroatoms. The summed E-state index contributed by atoms with van der Waals surface area (Å²) < 4.78 is 5.52. The Morgan fingerprint density at radius 2 is 1.67 bits per heavy atom. The van der Waals surface area contributed by atoms with Crippen molar-refractivity contribution >= 4 is 0 Å². The molecule has 1 aromatic rings. The minimum atomic E-state index is -0.474. The van der Waals surface area contributed by atoms with E-state index < -0.39 is 6.10 Å². The summed E-state index contributed by atoms with van der Waals surface area (Å²) in [6, 6.07) is 7.66. The van der Waals surface area contributed by atoms with E-state index in [1.54, 1.807) is 6.92 Å². The number of aliphatic hydroxyl groups excluding tert-OH is 1. The lowest BCUT2D eigenvalue weighted by Gasteiger charge is -2.17. The largest absolute Gasteiger partial charge is 0.488 e. The van der Waals surface area contributed by atoms with Gasteiger partial charge in [0.25, 0.3) is 0 Å². The van der Waals surface area contributed by atoms with Crippen molar-refractivity contribution in [1.29, 1.82) is 0 Å². The Morgan fingerprint density at radius 1 is 1.13 bits per heavy atom. The Bertz CT molecular complexity index is 293. The highest BCUT2D eigenvalue weighted by Gasteiger charge is 2.10. The molecular weight excluding hydrogens is 190 g/mol. The predicted octanol–water partition coefficient (Wildman–Crippen LogP) is 1.85. The second kappa shape index (κ2) is 5.14. The van der Waals surface area contributed by atoms with Crippen LogP contribution in [0, 0.1) is 0 Å². The van der Waals surface area contributed by atoms with Crippen molar-refractivity contribution in [2.45, 2.75) is 39.0 Å². The predicted molar refractivity (Wildman–Crippen MR) is 60.8 cm³/mol. The molecule has 0 spiro atoms. The van der Waals surface area contributed by atoms with Gasteiger partial charge in [0, 0.05) is 6.04 Å². The number of hydrogen-bond acceptors (Lipinski definition) is 3. The molecule has 0 bridgehead atoms. The van der Waals surface area contributed by atoms with Gasteiger partial charge in [0.2, 0.25) is 0 Å². The van der Waals surface area contributed by atoms with Gasteiger partial charge in [-0.15, -0.1) is 0 Å². The molecule has 1 rings (SSSR count). The summed E-state index contributed by atoms with van der Waals surface area (Å²) in [4.78, 5) is 0. The smallest absolute Gasteiger partial charge is 0.121 e. The zero-order chi connectivity index (χ0) is 11.4. The molecular formula is C12H19NO2. The van der Waals surface area contributed by atoms with Crippen LogP contribution >= 0.6 is 0 Å². The fraction of sp³-hybridized carbons (Fsp3) is 0.500. The first kappa shape index (κ1) is 12.0. The Balaban J connectivity index is 2.64. The monoisotopic (exact) mass is 209 g/mol. The molecule has 84 valence electrons. The van der Waals surface area contributed by atoms with Crippen LogP contribution in [0.3, 0.4) is 0 Å². The number of ether oxygens (including phenoxy) is 1. The summed E-state index contributed by atoms with van der Waals surface area (Å²) in [5.41, 5.74) is 6.81. The Labute approximate surface area is 90.9 Å². The summed E-state index contributed by atoms with van der Waals surface area (Å²) in [5, 5.41) is 9.28. The van der Waals surface area contributed by atoms with Gasteiger partial charge in [-0.3, -0.25) is 0 Å². The first-order chi connectivity index (χ1) is 7.00. The number of aliphatic hydroxyl groups is 1. The fourth-order valence-corrected chi connectivity index (χ4v) is 1.16. The van der Waals surface area contributed by atoms with Crippen molar-refractivity contribution in [3.63, 3.8) is 0 Å². The van der Waals surface area contributed by atoms with Gasteiger partial charge in [-0.1, -0.05) is 12.1 Å². The van der Waals surface area contributed by atoms with Gasteiger partial charge in [0.1, 0.15) is 11.9 Å². The summed E-state index contributed by atoms with van der Waals surface area (Å²) in [6.45, 7) is 5.49. The van der Waals surface area contributed by atoms with E-state index in [0.717, 1.165) is 11.3 Å². The van der Waals surface area contributed by atoms with E-state index >= 15 is 0 Å². The van der Waals surface area contributed by atoms with E-state index in [1.165, 1.54) is 0 Å². The van der Waals surface area contributed by atoms with E-state index in [2.05, 4.69) is 0 Å². The van der Waals surface area contributed by atoms with Gasteiger partial charge in [-0.05, 0) is 38.5 Å². The summed E-state index contributed by atoms with van der Waals surface area (Å²) in [5.74, 6) is 0.757. The molecule has 0 amide bonds. The maximum absolute atomic E-state index is 9.28. The van der Waals surface area contributed by atoms with Crippen molar-refractivity contribution < 1.29 is 9.84 Å². The standard InChI is InChI=1S/C12H19NO2/c1-8(13)11-4-6-12(7-5-11)15-10(3)9(2)14/h4-10,14H,13H2,1-3H3/t8-,9?,10?/m1/s1. The highest BCUT2D eigenvalue weighted by atomic mass is 16.5. The van der Waals surface area contributed by atoms with E-state index in [4.69, 9.17) is 10.5 Å². The third-order valence-electron chi connectivity index (χ3n) is 2.41. The minimum Gasteiger partial charge on any atom is -0.488 e. The highest BCUT2D eigenvalue weighted by molar-refractivity contribution is 5.28. The van der Waals surface area contributed by atoms with Crippen molar-refractivity contribution in [3.05, 3.63) is 29.8 Å². The van der Waals surface area contributed by atoms with Crippen LogP contribution in [-0.2, 0) is 0 Å². The lowest BCUT2D eigenvalue weighted by atomic mass is 10.1. The molecule has 15 heavy (non-hydrogen) atoms. The molecule has 2 unspecified atom stereocenters. The molecule has 0 aliphatic heterocycles. The molecule has 3 N–H and O–H groups in total. The average molecular weight is 209 g/mol. The van der Waals surface area contributed by atoms with Gasteiger partial charge in [0.05, 0.1) is 6.10 Å². The van der Waals surface area contributed by atoms with Crippen molar-refractivity contribution in [2.24, 2.45) is 5.73 Å². The van der Waals surface area contributed by atoms with E-state index in [0.29, 0.717) is 0 Å². The third-order valence-corrected chi connectivity index (χ3v) is 2.41. The third kappa shape index (κ3) is 3.53. The molecule has 0 fully saturated rings. The average Bonchev–Trinajstić information content (AvgIpc) is 2.18. The second-order valence-electron chi connectivity index (χ2n) is 3.92. The van der Waals surface area contributed by atoms with Crippen molar-refractivity contribution in [2.75, 3.05) is 0 Å². The molecule has 0 radical (unpaired) electrons. The van der Waals surface area contributed by atoms with Crippen LogP contribution in [0.4, 0.5) is 0 Å². The van der Waals surface area contributed by atoms with Gasteiger partial charge in [0.15, 0.2) is 0 Å². The molecule has 0 aromatic heterocycles. The van der Waals surface area contributed by atoms with E-state index in [1.807, 2.05) is 38.1 Å². The van der Waals surface area contributed by atoms with Crippen LogP contribution in [0.2, 0.25) is 0 Å². The maximum atomic E-state index is 9.28. The van der Waals surface area contributed by atoms with Crippen molar-refractivity contribution in [1.82, 2.24) is 0 Å². The number of nitrogens with two attached hydrogens (primary N) is 1.